The van der Waals surface area contributed by atoms with E-state index in [-0.39, 0.29) is 17.3 Å². The van der Waals surface area contributed by atoms with Gasteiger partial charge in [0.15, 0.2) is 0 Å². The zero-order chi connectivity index (χ0) is 14.3. The Morgan fingerprint density at radius 2 is 1.89 bits per heavy atom. The van der Waals surface area contributed by atoms with Crippen molar-refractivity contribution in [2.24, 2.45) is 0 Å². The molecule has 0 bridgehead atoms. The SMILES string of the molecule is CC(=O)CSC[C@H](NC(=O)OC(C)(C)C)C(=O)O. The van der Waals surface area contributed by atoms with Gasteiger partial charge in [0.25, 0.3) is 0 Å². The summed E-state index contributed by atoms with van der Waals surface area (Å²) in [5, 5.41) is 11.2. The van der Waals surface area contributed by atoms with Crippen LogP contribution in [0.3, 0.4) is 0 Å². The number of rotatable bonds is 6. The average Bonchev–Trinajstić information content (AvgIpc) is 2.12. The van der Waals surface area contributed by atoms with E-state index in [1.807, 2.05) is 0 Å². The van der Waals surface area contributed by atoms with Crippen LogP contribution in [-0.4, -0.2) is 46.1 Å². The topological polar surface area (TPSA) is 92.7 Å². The Bertz CT molecular complexity index is 324. The molecular weight excluding hydrogens is 258 g/mol. The number of carbonyl (C=O) groups excluding carboxylic acids is 2. The van der Waals surface area contributed by atoms with Crippen molar-refractivity contribution >= 4 is 29.6 Å². The van der Waals surface area contributed by atoms with Gasteiger partial charge >= 0.3 is 12.1 Å². The van der Waals surface area contributed by atoms with Crippen LogP contribution in [0.25, 0.3) is 0 Å². The Hall–Kier alpha value is -1.24. The fourth-order valence-corrected chi connectivity index (χ4v) is 1.81. The van der Waals surface area contributed by atoms with Crippen molar-refractivity contribution in [1.29, 1.82) is 0 Å². The highest BCUT2D eigenvalue weighted by Crippen LogP contribution is 2.08. The van der Waals surface area contributed by atoms with Crippen molar-refractivity contribution in [1.82, 2.24) is 5.32 Å². The number of ketones is 1. The van der Waals surface area contributed by atoms with Crippen LogP contribution in [0, 0.1) is 0 Å². The molecule has 0 rings (SSSR count). The van der Waals surface area contributed by atoms with Crippen LogP contribution in [-0.2, 0) is 14.3 Å². The van der Waals surface area contributed by atoms with Gasteiger partial charge in [-0.1, -0.05) is 0 Å². The summed E-state index contributed by atoms with van der Waals surface area (Å²) in [5.74, 6) is -0.855. The minimum atomic E-state index is -1.16. The van der Waals surface area contributed by atoms with Gasteiger partial charge in [0.1, 0.15) is 17.4 Å². The molecule has 0 saturated heterocycles. The Morgan fingerprint density at radius 3 is 2.28 bits per heavy atom. The molecule has 2 N–H and O–H groups in total. The minimum Gasteiger partial charge on any atom is -0.480 e. The van der Waals surface area contributed by atoms with Crippen molar-refractivity contribution in [3.05, 3.63) is 0 Å². The van der Waals surface area contributed by atoms with Crippen molar-refractivity contribution in [2.75, 3.05) is 11.5 Å². The van der Waals surface area contributed by atoms with E-state index >= 15 is 0 Å². The molecule has 18 heavy (non-hydrogen) atoms. The van der Waals surface area contributed by atoms with E-state index in [9.17, 15) is 14.4 Å². The number of ether oxygens (including phenoxy) is 1. The average molecular weight is 277 g/mol. The molecule has 0 aromatic rings. The zero-order valence-corrected chi connectivity index (χ0v) is 11.8. The molecule has 0 spiro atoms. The number of carbonyl (C=O) groups is 3. The monoisotopic (exact) mass is 277 g/mol. The molecule has 0 aromatic carbocycles. The lowest BCUT2D eigenvalue weighted by atomic mass is 10.2. The number of carboxylic acids is 1. The number of amides is 1. The van der Waals surface area contributed by atoms with Crippen LogP contribution < -0.4 is 5.32 Å². The fraction of sp³-hybridized carbons (Fsp3) is 0.727. The van der Waals surface area contributed by atoms with Crippen LogP contribution in [0.5, 0.6) is 0 Å². The van der Waals surface area contributed by atoms with E-state index in [1.165, 1.54) is 6.92 Å². The summed E-state index contributed by atoms with van der Waals surface area (Å²) in [6.07, 6.45) is -0.779. The highest BCUT2D eigenvalue weighted by atomic mass is 32.2. The Labute approximate surface area is 110 Å². The largest absolute Gasteiger partial charge is 0.480 e. The third kappa shape index (κ3) is 8.86. The third-order valence-electron chi connectivity index (χ3n) is 1.58. The second kappa shape index (κ2) is 7.25. The Balaban J connectivity index is 4.23. The maximum Gasteiger partial charge on any atom is 0.408 e. The van der Waals surface area contributed by atoms with Gasteiger partial charge in [0.2, 0.25) is 0 Å². The molecule has 1 atom stereocenters. The standard InChI is InChI=1S/C11H19NO5S/c1-7(13)5-18-6-8(9(14)15)12-10(16)17-11(2,3)4/h8H,5-6H2,1-4H3,(H,12,16)(H,14,15)/t8-/m0/s1. The van der Waals surface area contributed by atoms with Gasteiger partial charge in [-0.3, -0.25) is 4.79 Å². The molecule has 0 fully saturated rings. The van der Waals surface area contributed by atoms with Gasteiger partial charge in [-0.05, 0) is 27.7 Å². The van der Waals surface area contributed by atoms with E-state index < -0.39 is 23.7 Å². The summed E-state index contributed by atoms with van der Waals surface area (Å²) in [6, 6.07) is -1.07. The predicted octanol–water partition coefficient (Wildman–Crippen LogP) is 1.29. The first-order valence-corrected chi connectivity index (χ1v) is 6.57. The summed E-state index contributed by atoms with van der Waals surface area (Å²) in [4.78, 5) is 33.0. The predicted molar refractivity (Wildman–Crippen MR) is 68.8 cm³/mol. The van der Waals surface area contributed by atoms with E-state index in [0.717, 1.165) is 11.8 Å². The van der Waals surface area contributed by atoms with Crippen molar-refractivity contribution in [2.45, 2.75) is 39.3 Å². The molecule has 0 aliphatic rings. The summed E-state index contributed by atoms with van der Waals surface area (Å²) in [5.41, 5.74) is -0.681. The van der Waals surface area contributed by atoms with Gasteiger partial charge in [-0.15, -0.1) is 0 Å². The first-order chi connectivity index (χ1) is 8.11. The second-order valence-electron chi connectivity index (χ2n) is 4.75. The van der Waals surface area contributed by atoms with Gasteiger partial charge in [-0.25, -0.2) is 9.59 Å². The quantitative estimate of drug-likeness (QED) is 0.760. The van der Waals surface area contributed by atoms with Gasteiger partial charge < -0.3 is 15.2 Å². The van der Waals surface area contributed by atoms with Crippen molar-refractivity contribution in [3.63, 3.8) is 0 Å². The van der Waals surface area contributed by atoms with Crippen LogP contribution in [0.2, 0.25) is 0 Å². The van der Waals surface area contributed by atoms with E-state index in [0.29, 0.717) is 0 Å². The number of thioether (sulfide) groups is 1. The van der Waals surface area contributed by atoms with Gasteiger partial charge in [0, 0.05) is 5.75 Å². The number of hydrogen-bond acceptors (Lipinski definition) is 5. The minimum absolute atomic E-state index is 0.0404. The van der Waals surface area contributed by atoms with E-state index in [1.54, 1.807) is 20.8 Å². The molecule has 7 heteroatoms. The molecule has 1 amide bonds. The van der Waals surface area contributed by atoms with Crippen LogP contribution >= 0.6 is 11.8 Å². The number of hydrogen-bond donors (Lipinski definition) is 2. The molecule has 0 radical (unpaired) electrons. The molecule has 0 aliphatic heterocycles. The molecule has 0 unspecified atom stereocenters. The van der Waals surface area contributed by atoms with Crippen LogP contribution in [0.4, 0.5) is 4.79 Å². The Kier molecular flexibility index (Phi) is 6.75. The lowest BCUT2D eigenvalue weighted by molar-refractivity contribution is -0.138. The summed E-state index contributed by atoms with van der Waals surface area (Å²) in [6.45, 7) is 6.48. The molecule has 104 valence electrons. The van der Waals surface area contributed by atoms with Crippen molar-refractivity contribution < 1.29 is 24.2 Å². The lowest BCUT2D eigenvalue weighted by Gasteiger charge is -2.21. The smallest absolute Gasteiger partial charge is 0.408 e. The lowest BCUT2D eigenvalue weighted by Crippen LogP contribution is -2.45. The Morgan fingerprint density at radius 1 is 1.33 bits per heavy atom. The molecule has 0 aliphatic carbocycles. The summed E-state index contributed by atoms with van der Waals surface area (Å²) >= 11 is 1.16. The third-order valence-corrected chi connectivity index (χ3v) is 2.76. The highest BCUT2D eigenvalue weighted by molar-refractivity contribution is 8.00. The fourth-order valence-electron chi connectivity index (χ4n) is 0.945. The molecular formula is C11H19NO5S. The number of nitrogens with one attached hydrogen (secondary N) is 1. The molecule has 0 heterocycles. The highest BCUT2D eigenvalue weighted by Gasteiger charge is 2.23. The molecule has 6 nitrogen and oxygen atoms in total. The first-order valence-electron chi connectivity index (χ1n) is 5.41. The summed E-state index contributed by atoms with van der Waals surface area (Å²) in [7, 11) is 0. The molecule has 0 aromatic heterocycles. The molecule has 0 saturated carbocycles. The van der Waals surface area contributed by atoms with Crippen LogP contribution in [0.1, 0.15) is 27.7 Å². The zero-order valence-electron chi connectivity index (χ0n) is 11.0. The normalized spacial score (nSPS) is 12.7. The first kappa shape index (κ1) is 16.8. The van der Waals surface area contributed by atoms with Gasteiger partial charge in [0.05, 0.1) is 5.75 Å². The van der Waals surface area contributed by atoms with Gasteiger partial charge in [-0.2, -0.15) is 11.8 Å². The van der Waals surface area contributed by atoms with Crippen LogP contribution in [0.15, 0.2) is 0 Å². The number of aliphatic carboxylic acids is 1. The van der Waals surface area contributed by atoms with E-state index in [2.05, 4.69) is 5.32 Å². The second-order valence-corrected chi connectivity index (χ2v) is 5.78. The summed E-state index contributed by atoms with van der Waals surface area (Å²) < 4.78 is 4.96. The van der Waals surface area contributed by atoms with Crippen molar-refractivity contribution in [3.8, 4) is 0 Å². The number of carboxylic acid groups (broad SMARTS) is 1. The number of Topliss-reactive ketones (excluding diaryl/α,β-unsaturated/α-hetero) is 1. The number of alkyl carbamates (subject to hydrolysis) is 1. The maximum absolute atomic E-state index is 11.4. The maximum atomic E-state index is 11.4. The van der Waals surface area contributed by atoms with E-state index in [4.69, 9.17) is 9.84 Å².